The van der Waals surface area contributed by atoms with Gasteiger partial charge in [-0.25, -0.2) is 13.1 Å². The van der Waals surface area contributed by atoms with Crippen LogP contribution >= 0.6 is 15.9 Å². The van der Waals surface area contributed by atoms with Gasteiger partial charge in [0, 0.05) is 16.2 Å². The standard InChI is InChI=1S/C15H23BrN2O2S/c1-10-7-12(16)13(17)8-14(10)21(19,20)18-11-5-4-6-15(2,3)9-11/h7-8,11,18H,4-6,9,17H2,1-3H3. The van der Waals surface area contributed by atoms with Crippen molar-refractivity contribution >= 4 is 31.6 Å². The predicted octanol–water partition coefficient (Wildman–Crippen LogP) is 3.59. The summed E-state index contributed by atoms with van der Waals surface area (Å²) in [7, 11) is -3.53. The first-order valence-corrected chi connectivity index (χ1v) is 9.46. The van der Waals surface area contributed by atoms with Crippen LogP contribution < -0.4 is 10.5 Å². The van der Waals surface area contributed by atoms with E-state index >= 15 is 0 Å². The number of hydrogen-bond donors (Lipinski definition) is 2. The lowest BCUT2D eigenvalue weighted by Gasteiger charge is -2.35. The second-order valence-electron chi connectivity index (χ2n) is 6.72. The molecule has 1 aromatic rings. The van der Waals surface area contributed by atoms with E-state index in [1.165, 1.54) is 6.07 Å². The maximum Gasteiger partial charge on any atom is 0.241 e. The van der Waals surface area contributed by atoms with Gasteiger partial charge < -0.3 is 5.73 Å². The monoisotopic (exact) mass is 374 g/mol. The minimum absolute atomic E-state index is 0.00280. The first-order chi connectivity index (χ1) is 9.61. The molecule has 0 aliphatic heterocycles. The highest BCUT2D eigenvalue weighted by atomic mass is 79.9. The highest BCUT2D eigenvalue weighted by Crippen LogP contribution is 2.36. The number of benzene rings is 1. The van der Waals surface area contributed by atoms with Gasteiger partial charge in [0.05, 0.1) is 4.90 Å². The normalized spacial score (nSPS) is 22.2. The number of nitrogens with one attached hydrogen (secondary N) is 1. The molecule has 21 heavy (non-hydrogen) atoms. The number of hydrogen-bond acceptors (Lipinski definition) is 3. The Bertz CT molecular complexity index is 641. The summed E-state index contributed by atoms with van der Waals surface area (Å²) in [5, 5.41) is 0. The van der Waals surface area contributed by atoms with Crippen LogP contribution in [0.4, 0.5) is 5.69 Å². The van der Waals surface area contributed by atoms with Gasteiger partial charge >= 0.3 is 0 Å². The topological polar surface area (TPSA) is 72.2 Å². The molecule has 1 atom stereocenters. The Balaban J connectivity index is 2.25. The van der Waals surface area contributed by atoms with Gasteiger partial charge in [-0.1, -0.05) is 20.3 Å². The minimum atomic E-state index is -3.53. The average molecular weight is 375 g/mol. The molecule has 6 heteroatoms. The molecule has 1 unspecified atom stereocenters. The molecule has 0 radical (unpaired) electrons. The van der Waals surface area contributed by atoms with E-state index in [4.69, 9.17) is 5.73 Å². The lowest BCUT2D eigenvalue weighted by molar-refractivity contribution is 0.212. The van der Waals surface area contributed by atoms with Gasteiger partial charge in [-0.3, -0.25) is 0 Å². The highest BCUT2D eigenvalue weighted by molar-refractivity contribution is 9.10. The Morgan fingerprint density at radius 2 is 2.05 bits per heavy atom. The van der Waals surface area contributed by atoms with Crippen molar-refractivity contribution in [2.75, 3.05) is 5.73 Å². The second kappa shape index (κ2) is 5.89. The van der Waals surface area contributed by atoms with Crippen LogP contribution in [0.5, 0.6) is 0 Å². The number of nitrogens with two attached hydrogens (primary N) is 1. The smallest absolute Gasteiger partial charge is 0.241 e. The van der Waals surface area contributed by atoms with Crippen LogP contribution in [-0.2, 0) is 10.0 Å². The van der Waals surface area contributed by atoms with Gasteiger partial charge in [0.2, 0.25) is 10.0 Å². The third-order valence-corrected chi connectivity index (χ3v) is 6.46. The van der Waals surface area contributed by atoms with E-state index < -0.39 is 10.0 Å². The van der Waals surface area contributed by atoms with Crippen molar-refractivity contribution in [3.05, 3.63) is 22.2 Å². The number of aryl methyl sites for hydroxylation is 1. The summed E-state index contributed by atoms with van der Waals surface area (Å²) >= 11 is 3.32. The molecule has 1 aliphatic carbocycles. The van der Waals surface area contributed by atoms with E-state index in [1.807, 2.05) is 0 Å². The van der Waals surface area contributed by atoms with Crippen LogP contribution in [0.2, 0.25) is 0 Å². The van der Waals surface area contributed by atoms with Crippen LogP contribution in [0.1, 0.15) is 45.1 Å². The Kier molecular flexibility index (Phi) is 4.71. The molecule has 1 fully saturated rings. The summed E-state index contributed by atoms with van der Waals surface area (Å²) in [6.45, 7) is 6.16. The fourth-order valence-corrected chi connectivity index (χ4v) is 5.03. The van der Waals surface area contributed by atoms with Crippen LogP contribution in [-0.4, -0.2) is 14.5 Å². The fourth-order valence-electron chi connectivity index (χ4n) is 3.04. The van der Waals surface area contributed by atoms with Crippen molar-refractivity contribution in [2.24, 2.45) is 5.41 Å². The Hall–Kier alpha value is -0.590. The summed E-state index contributed by atoms with van der Waals surface area (Å²) in [5.41, 5.74) is 7.15. The predicted molar refractivity (Wildman–Crippen MR) is 89.6 cm³/mol. The van der Waals surface area contributed by atoms with Gasteiger partial charge in [0.15, 0.2) is 0 Å². The highest BCUT2D eigenvalue weighted by Gasteiger charge is 2.31. The Morgan fingerprint density at radius 3 is 2.67 bits per heavy atom. The molecule has 0 aromatic heterocycles. The lowest BCUT2D eigenvalue weighted by atomic mass is 9.75. The molecule has 0 saturated heterocycles. The van der Waals surface area contributed by atoms with Gasteiger partial charge in [0.1, 0.15) is 0 Å². The molecule has 0 amide bonds. The summed E-state index contributed by atoms with van der Waals surface area (Å²) in [5.74, 6) is 0. The summed E-state index contributed by atoms with van der Waals surface area (Å²) < 4.78 is 28.8. The van der Waals surface area contributed by atoms with Crippen LogP contribution in [0.25, 0.3) is 0 Å². The average Bonchev–Trinajstić information content (AvgIpc) is 2.31. The molecule has 0 spiro atoms. The quantitative estimate of drug-likeness (QED) is 0.793. The van der Waals surface area contributed by atoms with Crippen LogP contribution in [0.3, 0.4) is 0 Å². The van der Waals surface area contributed by atoms with Gasteiger partial charge in [-0.05, 0) is 65.2 Å². The molecule has 0 heterocycles. The molecule has 1 aliphatic rings. The first kappa shape index (κ1) is 16.8. The molecule has 4 nitrogen and oxygen atoms in total. The number of halogens is 1. The maximum atomic E-state index is 12.6. The van der Waals surface area contributed by atoms with Crippen molar-refractivity contribution in [3.8, 4) is 0 Å². The zero-order valence-electron chi connectivity index (χ0n) is 12.7. The lowest BCUT2D eigenvalue weighted by Crippen LogP contribution is -2.40. The minimum Gasteiger partial charge on any atom is -0.398 e. The first-order valence-electron chi connectivity index (χ1n) is 7.19. The Labute approximate surface area is 135 Å². The largest absolute Gasteiger partial charge is 0.398 e. The van der Waals surface area contributed by atoms with Crippen molar-refractivity contribution in [2.45, 2.75) is 57.4 Å². The number of nitrogen functional groups attached to an aromatic ring is 1. The van der Waals surface area contributed by atoms with Crippen LogP contribution in [0.15, 0.2) is 21.5 Å². The fraction of sp³-hybridized carbons (Fsp3) is 0.600. The maximum absolute atomic E-state index is 12.6. The number of anilines is 1. The summed E-state index contributed by atoms with van der Waals surface area (Å²) in [6, 6.07) is 3.27. The molecular weight excluding hydrogens is 352 g/mol. The number of sulfonamides is 1. The molecule has 1 aromatic carbocycles. The zero-order valence-corrected chi connectivity index (χ0v) is 15.1. The van der Waals surface area contributed by atoms with Gasteiger partial charge in [0.25, 0.3) is 0 Å². The molecule has 118 valence electrons. The van der Waals surface area contributed by atoms with E-state index in [2.05, 4.69) is 34.5 Å². The van der Waals surface area contributed by atoms with Crippen molar-refractivity contribution in [1.29, 1.82) is 0 Å². The van der Waals surface area contributed by atoms with Gasteiger partial charge in [-0.15, -0.1) is 0 Å². The van der Waals surface area contributed by atoms with Crippen LogP contribution in [0, 0.1) is 12.3 Å². The van der Waals surface area contributed by atoms with E-state index in [9.17, 15) is 8.42 Å². The summed E-state index contributed by atoms with van der Waals surface area (Å²) in [6.07, 6.45) is 3.97. The SMILES string of the molecule is Cc1cc(Br)c(N)cc1S(=O)(=O)NC1CCCC(C)(C)C1. The zero-order chi connectivity index (χ0) is 15.8. The van der Waals surface area contributed by atoms with Gasteiger partial charge in [-0.2, -0.15) is 0 Å². The molecule has 0 bridgehead atoms. The third kappa shape index (κ3) is 3.99. The third-order valence-electron chi connectivity index (χ3n) is 4.11. The van der Waals surface area contributed by atoms with E-state index in [0.29, 0.717) is 11.3 Å². The molecule has 3 N–H and O–H groups in total. The van der Waals surface area contributed by atoms with E-state index in [1.54, 1.807) is 13.0 Å². The molecular formula is C15H23BrN2O2S. The molecule has 1 saturated carbocycles. The van der Waals surface area contributed by atoms with E-state index in [0.717, 1.165) is 30.2 Å². The number of rotatable bonds is 3. The van der Waals surface area contributed by atoms with Crippen molar-refractivity contribution in [3.63, 3.8) is 0 Å². The van der Waals surface area contributed by atoms with E-state index in [-0.39, 0.29) is 16.4 Å². The van der Waals surface area contributed by atoms with Crippen molar-refractivity contribution in [1.82, 2.24) is 4.72 Å². The Morgan fingerprint density at radius 1 is 1.38 bits per heavy atom. The molecule has 2 rings (SSSR count). The summed E-state index contributed by atoms with van der Waals surface area (Å²) in [4.78, 5) is 0.270. The van der Waals surface area contributed by atoms with Crippen molar-refractivity contribution < 1.29 is 8.42 Å². The second-order valence-corrected chi connectivity index (χ2v) is 9.25.